The summed E-state index contributed by atoms with van der Waals surface area (Å²) in [5.41, 5.74) is 0.838. The maximum atomic E-state index is 13.5. The Morgan fingerprint density at radius 1 is 0.960 bits per heavy atom. The van der Waals surface area contributed by atoms with Crippen LogP contribution in [0.1, 0.15) is 11.1 Å². The molecule has 2 amide bonds. The molecule has 25 heavy (non-hydrogen) atoms. The van der Waals surface area contributed by atoms with Crippen LogP contribution in [-0.2, 0) is 23.1 Å². The molecule has 0 aromatic heterocycles. The molecule has 8 heteroatoms. The Bertz CT molecular complexity index is 854. The summed E-state index contributed by atoms with van der Waals surface area (Å²) < 4.78 is 39.2. The van der Waals surface area contributed by atoms with E-state index in [0.717, 1.165) is 4.31 Å². The Labute approximate surface area is 146 Å². The van der Waals surface area contributed by atoms with Gasteiger partial charge in [-0.05, 0) is 17.7 Å². The molecule has 0 unspecified atom stereocenters. The maximum absolute atomic E-state index is 13.5. The normalized spacial score (nSPS) is 11.4. The zero-order valence-corrected chi connectivity index (χ0v) is 14.8. The summed E-state index contributed by atoms with van der Waals surface area (Å²) in [6.45, 7) is 0.0719. The highest BCUT2D eigenvalue weighted by molar-refractivity contribution is 7.89. The van der Waals surface area contributed by atoms with Gasteiger partial charge in [-0.3, -0.25) is 0 Å². The SMILES string of the molecule is CN(C)S(=O)(=O)c1ccccc1CNC(=O)NCc1ccccc1F. The average molecular weight is 365 g/mol. The number of urea groups is 1. The first kappa shape index (κ1) is 18.9. The quantitative estimate of drug-likeness (QED) is 0.823. The zero-order chi connectivity index (χ0) is 18.4. The van der Waals surface area contributed by atoms with E-state index >= 15 is 0 Å². The number of amides is 2. The van der Waals surface area contributed by atoms with Crippen LogP contribution in [0.25, 0.3) is 0 Å². The minimum absolute atomic E-state index is 0.0341. The number of carbonyl (C=O) groups excluding carboxylic acids is 1. The van der Waals surface area contributed by atoms with Gasteiger partial charge in [0.25, 0.3) is 0 Å². The summed E-state index contributed by atoms with van der Waals surface area (Å²) in [7, 11) is -0.714. The molecule has 0 aliphatic heterocycles. The van der Waals surface area contributed by atoms with Crippen molar-refractivity contribution < 1.29 is 17.6 Å². The molecule has 0 atom stereocenters. The molecule has 2 aromatic rings. The Hall–Kier alpha value is -2.45. The van der Waals surface area contributed by atoms with Crippen molar-refractivity contribution in [2.45, 2.75) is 18.0 Å². The smallest absolute Gasteiger partial charge is 0.315 e. The van der Waals surface area contributed by atoms with Crippen molar-refractivity contribution in [2.24, 2.45) is 0 Å². The molecular weight excluding hydrogens is 345 g/mol. The lowest BCUT2D eigenvalue weighted by Crippen LogP contribution is -2.35. The maximum Gasteiger partial charge on any atom is 0.315 e. The number of hydrogen-bond donors (Lipinski definition) is 2. The number of halogens is 1. The van der Waals surface area contributed by atoms with E-state index in [1.165, 1.54) is 26.2 Å². The Balaban J connectivity index is 2.00. The molecule has 0 heterocycles. The summed E-state index contributed by atoms with van der Waals surface area (Å²) >= 11 is 0. The predicted molar refractivity (Wildman–Crippen MR) is 92.8 cm³/mol. The van der Waals surface area contributed by atoms with Crippen molar-refractivity contribution in [3.63, 3.8) is 0 Å². The van der Waals surface area contributed by atoms with Gasteiger partial charge in [0.05, 0.1) is 4.90 Å². The number of carbonyl (C=O) groups is 1. The fourth-order valence-electron chi connectivity index (χ4n) is 2.15. The molecule has 0 radical (unpaired) electrons. The van der Waals surface area contributed by atoms with Crippen LogP contribution in [0, 0.1) is 5.82 Å². The van der Waals surface area contributed by atoms with Crippen molar-refractivity contribution in [2.75, 3.05) is 14.1 Å². The van der Waals surface area contributed by atoms with Gasteiger partial charge in [0, 0.05) is 32.7 Å². The van der Waals surface area contributed by atoms with Gasteiger partial charge in [0.2, 0.25) is 10.0 Å². The lowest BCUT2D eigenvalue weighted by molar-refractivity contribution is 0.240. The molecule has 0 bridgehead atoms. The Morgan fingerprint density at radius 2 is 1.48 bits per heavy atom. The van der Waals surface area contributed by atoms with Gasteiger partial charge < -0.3 is 10.6 Å². The van der Waals surface area contributed by atoms with Crippen LogP contribution in [0.5, 0.6) is 0 Å². The second-order valence-corrected chi connectivity index (χ2v) is 7.64. The van der Waals surface area contributed by atoms with E-state index in [4.69, 9.17) is 0 Å². The summed E-state index contributed by atoms with van der Waals surface area (Å²) in [5.74, 6) is -0.398. The minimum atomic E-state index is -3.60. The third-order valence-electron chi connectivity index (χ3n) is 3.57. The molecule has 0 saturated carbocycles. The van der Waals surface area contributed by atoms with Gasteiger partial charge in [-0.1, -0.05) is 36.4 Å². The van der Waals surface area contributed by atoms with E-state index in [0.29, 0.717) is 11.1 Å². The standard InChI is InChI=1S/C17H20FN3O3S/c1-21(2)25(23,24)16-10-6-4-8-14(16)12-20-17(22)19-11-13-7-3-5-9-15(13)18/h3-10H,11-12H2,1-2H3,(H2,19,20,22). The van der Waals surface area contributed by atoms with Crippen molar-refractivity contribution in [3.8, 4) is 0 Å². The first-order valence-electron chi connectivity index (χ1n) is 7.58. The van der Waals surface area contributed by atoms with E-state index in [1.807, 2.05) is 0 Å². The van der Waals surface area contributed by atoms with Gasteiger partial charge in [-0.15, -0.1) is 0 Å². The molecule has 0 spiro atoms. The van der Waals surface area contributed by atoms with E-state index in [2.05, 4.69) is 10.6 Å². The second-order valence-electron chi connectivity index (χ2n) is 5.52. The third-order valence-corrected chi connectivity index (χ3v) is 5.48. The molecule has 0 aliphatic carbocycles. The third kappa shape index (κ3) is 4.77. The highest BCUT2D eigenvalue weighted by Crippen LogP contribution is 2.18. The molecule has 0 fully saturated rings. The lowest BCUT2D eigenvalue weighted by Gasteiger charge is -2.15. The number of benzene rings is 2. The van der Waals surface area contributed by atoms with Gasteiger partial charge in [0.15, 0.2) is 0 Å². The van der Waals surface area contributed by atoms with Crippen molar-refractivity contribution >= 4 is 16.1 Å². The number of sulfonamides is 1. The van der Waals surface area contributed by atoms with Gasteiger partial charge >= 0.3 is 6.03 Å². The minimum Gasteiger partial charge on any atom is -0.334 e. The molecule has 6 nitrogen and oxygen atoms in total. The topological polar surface area (TPSA) is 78.5 Å². The van der Waals surface area contributed by atoms with Crippen molar-refractivity contribution in [3.05, 3.63) is 65.5 Å². The predicted octanol–water partition coefficient (Wildman–Crippen LogP) is 2.08. The van der Waals surface area contributed by atoms with Crippen molar-refractivity contribution in [1.29, 1.82) is 0 Å². The van der Waals surface area contributed by atoms with Crippen molar-refractivity contribution in [1.82, 2.24) is 14.9 Å². The second kappa shape index (κ2) is 8.09. The zero-order valence-electron chi connectivity index (χ0n) is 14.0. The molecule has 2 N–H and O–H groups in total. The van der Waals surface area contributed by atoms with Crippen LogP contribution >= 0.6 is 0 Å². The lowest BCUT2D eigenvalue weighted by atomic mass is 10.2. The van der Waals surface area contributed by atoms with Crippen LogP contribution in [0.2, 0.25) is 0 Å². The Kier molecular flexibility index (Phi) is 6.11. The highest BCUT2D eigenvalue weighted by atomic mass is 32.2. The van der Waals surface area contributed by atoms with Crippen LogP contribution in [0.3, 0.4) is 0 Å². The average Bonchev–Trinajstić information content (AvgIpc) is 2.59. The first-order chi connectivity index (χ1) is 11.8. The highest BCUT2D eigenvalue weighted by Gasteiger charge is 2.20. The van der Waals surface area contributed by atoms with Gasteiger partial charge in [0.1, 0.15) is 5.82 Å². The van der Waals surface area contributed by atoms with E-state index in [1.54, 1.807) is 36.4 Å². The van der Waals surface area contributed by atoms with Gasteiger partial charge in [-0.25, -0.2) is 21.9 Å². The monoisotopic (exact) mass is 365 g/mol. The van der Waals surface area contributed by atoms with Crippen LogP contribution in [0.15, 0.2) is 53.4 Å². The molecule has 0 aliphatic rings. The molecule has 2 aromatic carbocycles. The fraction of sp³-hybridized carbons (Fsp3) is 0.235. The molecule has 134 valence electrons. The summed E-state index contributed by atoms with van der Waals surface area (Å²) in [4.78, 5) is 12.0. The van der Waals surface area contributed by atoms with Crippen LogP contribution in [0.4, 0.5) is 9.18 Å². The summed E-state index contributed by atoms with van der Waals surface area (Å²) in [6, 6.07) is 12.1. The van der Waals surface area contributed by atoms with E-state index < -0.39 is 21.9 Å². The number of hydrogen-bond acceptors (Lipinski definition) is 3. The fourth-order valence-corrected chi connectivity index (χ4v) is 3.27. The Morgan fingerprint density at radius 3 is 2.08 bits per heavy atom. The number of nitrogens with one attached hydrogen (secondary N) is 2. The van der Waals surface area contributed by atoms with Gasteiger partial charge in [-0.2, -0.15) is 0 Å². The summed E-state index contributed by atoms with van der Waals surface area (Å²) in [5, 5.41) is 5.13. The molecule has 0 saturated heterocycles. The van der Waals surface area contributed by atoms with Crippen LogP contribution in [-0.4, -0.2) is 32.8 Å². The molecule has 2 rings (SSSR count). The number of rotatable bonds is 6. The molecular formula is C17H20FN3O3S. The van der Waals surface area contributed by atoms with Crippen LogP contribution < -0.4 is 10.6 Å². The van der Waals surface area contributed by atoms with E-state index in [9.17, 15) is 17.6 Å². The van der Waals surface area contributed by atoms with E-state index in [-0.39, 0.29) is 18.0 Å². The summed E-state index contributed by atoms with van der Waals surface area (Å²) in [6.07, 6.45) is 0. The number of nitrogens with zero attached hydrogens (tertiary/aromatic N) is 1. The first-order valence-corrected chi connectivity index (χ1v) is 9.02. The largest absolute Gasteiger partial charge is 0.334 e.